The molecule has 1 aromatic carbocycles. The molecule has 1 N–H and O–H groups in total. The van der Waals surface area contributed by atoms with Crippen molar-refractivity contribution in [2.75, 3.05) is 6.61 Å². The first-order valence-corrected chi connectivity index (χ1v) is 7.82. The Morgan fingerprint density at radius 1 is 1.43 bits per heavy atom. The summed E-state index contributed by atoms with van der Waals surface area (Å²) in [4.78, 5) is 12.1. The number of ether oxygens (including phenoxy) is 1. The number of rotatable bonds is 3. The van der Waals surface area contributed by atoms with Gasteiger partial charge >= 0.3 is 0 Å². The van der Waals surface area contributed by atoms with Crippen LogP contribution < -0.4 is 5.32 Å². The first-order valence-electron chi connectivity index (χ1n) is 7.44. The highest BCUT2D eigenvalue weighted by Gasteiger charge is 2.42. The van der Waals surface area contributed by atoms with Gasteiger partial charge in [0, 0.05) is 10.6 Å². The van der Waals surface area contributed by atoms with Gasteiger partial charge < -0.3 is 10.1 Å². The van der Waals surface area contributed by atoms with Gasteiger partial charge in [-0.3, -0.25) is 4.79 Å². The van der Waals surface area contributed by atoms with Crippen molar-refractivity contribution in [3.8, 4) is 0 Å². The zero-order chi connectivity index (χ0) is 14.9. The Hall–Kier alpha value is -1.13. The Morgan fingerprint density at radius 2 is 2.19 bits per heavy atom. The molecule has 0 aromatic heterocycles. The molecule has 1 heterocycles. The number of nitrogens with one attached hydrogen (secondary N) is 1. The molecule has 1 aromatic rings. The summed E-state index contributed by atoms with van der Waals surface area (Å²) < 4.78 is 19.6. The van der Waals surface area contributed by atoms with Crippen LogP contribution in [0, 0.1) is 5.82 Å². The van der Waals surface area contributed by atoms with E-state index in [0.29, 0.717) is 11.6 Å². The van der Waals surface area contributed by atoms with E-state index >= 15 is 0 Å². The maximum absolute atomic E-state index is 13.7. The number of benzene rings is 1. The largest absolute Gasteiger partial charge is 0.373 e. The van der Waals surface area contributed by atoms with Crippen molar-refractivity contribution < 1.29 is 13.9 Å². The molecule has 3 nitrogen and oxygen atoms in total. The Kier molecular flexibility index (Phi) is 4.18. The van der Waals surface area contributed by atoms with Crippen molar-refractivity contribution in [3.05, 3.63) is 34.6 Å². The van der Waals surface area contributed by atoms with Crippen LogP contribution in [0.1, 0.15) is 37.7 Å². The van der Waals surface area contributed by atoms with Crippen molar-refractivity contribution in [1.82, 2.24) is 5.32 Å². The molecule has 1 saturated carbocycles. The summed E-state index contributed by atoms with van der Waals surface area (Å²) in [6, 6.07) is 4.48. The van der Waals surface area contributed by atoms with E-state index in [1.165, 1.54) is 25.0 Å². The second kappa shape index (κ2) is 5.93. The monoisotopic (exact) mass is 311 g/mol. The lowest BCUT2D eigenvalue weighted by atomic mass is 9.96. The fourth-order valence-electron chi connectivity index (χ4n) is 3.45. The number of amides is 1. The van der Waals surface area contributed by atoms with E-state index in [2.05, 4.69) is 5.32 Å². The molecule has 3 rings (SSSR count). The molecule has 1 saturated heterocycles. The van der Waals surface area contributed by atoms with E-state index in [0.717, 1.165) is 19.3 Å². The fraction of sp³-hybridized carbons (Fsp3) is 0.562. The van der Waals surface area contributed by atoms with Gasteiger partial charge in [0.15, 0.2) is 0 Å². The van der Waals surface area contributed by atoms with Gasteiger partial charge in [0.2, 0.25) is 5.91 Å². The average Bonchev–Trinajstić information content (AvgIpc) is 3.05. The highest BCUT2D eigenvalue weighted by molar-refractivity contribution is 6.31. The number of hydrogen-bond acceptors (Lipinski definition) is 2. The topological polar surface area (TPSA) is 38.3 Å². The second-order valence-corrected chi connectivity index (χ2v) is 6.45. The van der Waals surface area contributed by atoms with Crippen LogP contribution in [0.4, 0.5) is 4.39 Å². The molecular formula is C16H19ClFNO2. The third kappa shape index (κ3) is 3.22. The van der Waals surface area contributed by atoms with Gasteiger partial charge in [0.25, 0.3) is 0 Å². The van der Waals surface area contributed by atoms with Crippen LogP contribution in [0.3, 0.4) is 0 Å². The third-order valence-corrected chi connectivity index (χ3v) is 4.84. The van der Waals surface area contributed by atoms with Crippen LogP contribution in [0.25, 0.3) is 0 Å². The maximum Gasteiger partial charge on any atom is 0.224 e. The molecule has 5 heteroatoms. The molecule has 21 heavy (non-hydrogen) atoms. The predicted octanol–water partition coefficient (Wildman–Crippen LogP) is 3.24. The summed E-state index contributed by atoms with van der Waals surface area (Å²) in [7, 11) is 0. The Morgan fingerprint density at radius 3 is 2.90 bits per heavy atom. The summed E-state index contributed by atoms with van der Waals surface area (Å²) in [6.45, 7) is 0.552. The molecule has 1 amide bonds. The fourth-order valence-corrected chi connectivity index (χ4v) is 3.68. The van der Waals surface area contributed by atoms with E-state index in [4.69, 9.17) is 16.3 Å². The average molecular weight is 312 g/mol. The van der Waals surface area contributed by atoms with Crippen molar-refractivity contribution in [2.24, 2.45) is 0 Å². The van der Waals surface area contributed by atoms with Crippen LogP contribution in [0.5, 0.6) is 0 Å². The first kappa shape index (κ1) is 14.8. The highest BCUT2D eigenvalue weighted by atomic mass is 35.5. The van der Waals surface area contributed by atoms with E-state index in [-0.39, 0.29) is 29.5 Å². The number of carbonyl (C=O) groups excluding carboxylic acids is 1. The third-order valence-electron chi connectivity index (χ3n) is 4.49. The van der Waals surface area contributed by atoms with Gasteiger partial charge in [-0.1, -0.05) is 30.5 Å². The minimum absolute atomic E-state index is 0.0202. The normalized spacial score (nSPS) is 23.6. The molecule has 1 spiro atoms. The number of carbonyl (C=O) groups is 1. The molecule has 1 atom stereocenters. The van der Waals surface area contributed by atoms with Crippen molar-refractivity contribution in [2.45, 2.75) is 50.2 Å². The molecule has 114 valence electrons. The van der Waals surface area contributed by atoms with Crippen molar-refractivity contribution in [3.63, 3.8) is 0 Å². The van der Waals surface area contributed by atoms with Crippen molar-refractivity contribution >= 4 is 17.5 Å². The lowest BCUT2D eigenvalue weighted by Crippen LogP contribution is -2.37. The van der Waals surface area contributed by atoms with Crippen LogP contribution in [-0.4, -0.2) is 24.2 Å². The standard InChI is InChI=1S/C16H19ClFNO2/c17-13-4-3-5-14(18)12(13)8-15(20)19-11-9-16(21-10-11)6-1-2-7-16/h3-5,11H,1-2,6-10H2,(H,19,20)/t11-/m0/s1. The Labute approximate surface area is 128 Å². The lowest BCUT2D eigenvalue weighted by molar-refractivity contribution is -0.121. The van der Waals surface area contributed by atoms with Gasteiger partial charge in [-0.05, 0) is 31.4 Å². The van der Waals surface area contributed by atoms with E-state index in [1.807, 2.05) is 0 Å². The highest BCUT2D eigenvalue weighted by Crippen LogP contribution is 2.40. The molecular weight excluding hydrogens is 293 g/mol. The summed E-state index contributed by atoms with van der Waals surface area (Å²) >= 11 is 5.94. The zero-order valence-electron chi connectivity index (χ0n) is 11.8. The Bertz CT molecular complexity index is 523. The van der Waals surface area contributed by atoms with Gasteiger partial charge in [0.1, 0.15) is 5.82 Å². The van der Waals surface area contributed by atoms with Gasteiger partial charge in [-0.15, -0.1) is 0 Å². The van der Waals surface area contributed by atoms with Crippen LogP contribution in [-0.2, 0) is 16.0 Å². The molecule has 2 aliphatic rings. The summed E-state index contributed by atoms with van der Waals surface area (Å²) in [5.41, 5.74) is 0.235. The summed E-state index contributed by atoms with van der Waals surface area (Å²) in [5, 5.41) is 3.24. The second-order valence-electron chi connectivity index (χ2n) is 6.05. The predicted molar refractivity (Wildman–Crippen MR) is 78.8 cm³/mol. The molecule has 1 aliphatic carbocycles. The zero-order valence-corrected chi connectivity index (χ0v) is 12.6. The number of halogens is 2. The Balaban J connectivity index is 1.58. The smallest absolute Gasteiger partial charge is 0.224 e. The van der Waals surface area contributed by atoms with Crippen LogP contribution >= 0.6 is 11.6 Å². The van der Waals surface area contributed by atoms with Gasteiger partial charge in [-0.25, -0.2) is 4.39 Å². The molecule has 0 unspecified atom stereocenters. The molecule has 0 bridgehead atoms. The van der Waals surface area contributed by atoms with E-state index < -0.39 is 5.82 Å². The van der Waals surface area contributed by atoms with E-state index in [1.54, 1.807) is 6.07 Å². The summed E-state index contributed by atoms with van der Waals surface area (Å²) in [5.74, 6) is -0.641. The lowest BCUT2D eigenvalue weighted by Gasteiger charge is -2.21. The minimum atomic E-state index is -0.437. The maximum atomic E-state index is 13.7. The van der Waals surface area contributed by atoms with Gasteiger partial charge in [0.05, 0.1) is 24.7 Å². The minimum Gasteiger partial charge on any atom is -0.373 e. The van der Waals surface area contributed by atoms with Crippen LogP contribution in [0.2, 0.25) is 5.02 Å². The first-order chi connectivity index (χ1) is 10.1. The number of hydrogen-bond donors (Lipinski definition) is 1. The molecule has 1 aliphatic heterocycles. The van der Waals surface area contributed by atoms with E-state index in [9.17, 15) is 9.18 Å². The SMILES string of the molecule is O=C(Cc1c(F)cccc1Cl)N[C@@H]1COC2(CCCC2)C1. The van der Waals surface area contributed by atoms with Gasteiger partial charge in [-0.2, -0.15) is 0 Å². The molecule has 0 radical (unpaired) electrons. The molecule has 2 fully saturated rings. The quantitative estimate of drug-likeness (QED) is 0.930. The van der Waals surface area contributed by atoms with Crippen LogP contribution in [0.15, 0.2) is 18.2 Å². The summed E-state index contributed by atoms with van der Waals surface area (Å²) in [6.07, 6.45) is 5.40. The van der Waals surface area contributed by atoms with Crippen molar-refractivity contribution in [1.29, 1.82) is 0 Å².